The van der Waals surface area contributed by atoms with Crippen molar-refractivity contribution in [2.45, 2.75) is 25.5 Å². The van der Waals surface area contributed by atoms with Crippen LogP contribution in [0.15, 0.2) is 70.2 Å². The van der Waals surface area contributed by atoms with Crippen LogP contribution < -0.4 is 5.32 Å². The molecule has 2 aromatic carbocycles. The Hall–Kier alpha value is -3.49. The Balaban J connectivity index is 1.68. The number of hydrogen-bond acceptors (Lipinski definition) is 6. The lowest BCUT2D eigenvalue weighted by atomic mass is 10.1. The minimum atomic E-state index is -0.558. The topological polar surface area (TPSA) is 86.4 Å². The highest BCUT2D eigenvalue weighted by molar-refractivity contribution is 7.98. The average Bonchev–Trinajstić information content (AvgIpc) is 3.40. The molecule has 4 rings (SSSR count). The molecule has 0 saturated carbocycles. The van der Waals surface area contributed by atoms with Gasteiger partial charge in [0.2, 0.25) is 0 Å². The second-order valence-electron chi connectivity index (χ2n) is 7.63. The first-order valence-corrected chi connectivity index (χ1v) is 12.5. The Kier molecular flexibility index (Phi) is 7.63. The van der Waals surface area contributed by atoms with Crippen LogP contribution in [0.5, 0.6) is 0 Å². The van der Waals surface area contributed by atoms with Gasteiger partial charge in [0.15, 0.2) is 16.7 Å². The van der Waals surface area contributed by atoms with Crippen LogP contribution in [-0.4, -0.2) is 34.3 Å². The maximum absolute atomic E-state index is 13.2. The van der Waals surface area contributed by atoms with Crippen molar-refractivity contribution in [2.24, 2.45) is 0 Å². The largest absolute Gasteiger partial charge is 0.461 e. The van der Waals surface area contributed by atoms with Gasteiger partial charge in [0.25, 0.3) is 5.91 Å². The van der Waals surface area contributed by atoms with Crippen LogP contribution in [0, 0.1) is 6.92 Å². The van der Waals surface area contributed by atoms with E-state index in [9.17, 15) is 9.59 Å². The Bertz CT molecular complexity index is 1350. The summed E-state index contributed by atoms with van der Waals surface area (Å²) >= 11 is 7.35. The number of hydrogen-bond donors (Lipinski definition) is 1. The predicted octanol–water partition coefficient (Wildman–Crippen LogP) is 6.30. The standard InChI is InChI=1S/C26H24ClN3O4S/c1-4-33-25(32)22-23(29-26(35-3)30(22)15-17-8-6-5-7-9-17)28-24(31)20-14-21(34-16(20)2)18-10-12-19(27)13-11-18/h5-14H,4,15H2,1-3H3,(H,28,31). The number of thioether (sulfide) groups is 1. The second kappa shape index (κ2) is 10.8. The second-order valence-corrected chi connectivity index (χ2v) is 8.84. The molecule has 0 aliphatic carbocycles. The number of anilines is 1. The molecule has 1 amide bonds. The predicted molar refractivity (Wildman–Crippen MR) is 137 cm³/mol. The third kappa shape index (κ3) is 5.44. The van der Waals surface area contributed by atoms with Crippen molar-refractivity contribution in [3.8, 4) is 11.3 Å². The third-order valence-corrected chi connectivity index (χ3v) is 6.22. The lowest BCUT2D eigenvalue weighted by Gasteiger charge is -2.11. The summed E-state index contributed by atoms with van der Waals surface area (Å²) in [4.78, 5) is 30.7. The number of amides is 1. The van der Waals surface area contributed by atoms with Gasteiger partial charge in [0.05, 0.1) is 18.7 Å². The first-order valence-electron chi connectivity index (χ1n) is 10.9. The van der Waals surface area contributed by atoms with Crippen molar-refractivity contribution >= 4 is 41.1 Å². The molecule has 4 aromatic rings. The molecule has 7 nitrogen and oxygen atoms in total. The first-order chi connectivity index (χ1) is 16.9. The van der Waals surface area contributed by atoms with Gasteiger partial charge in [0.1, 0.15) is 11.5 Å². The van der Waals surface area contributed by atoms with E-state index in [4.69, 9.17) is 20.8 Å². The average molecular weight is 510 g/mol. The molecule has 9 heteroatoms. The van der Waals surface area contributed by atoms with Gasteiger partial charge in [-0.25, -0.2) is 9.78 Å². The zero-order valence-electron chi connectivity index (χ0n) is 19.5. The Morgan fingerprint density at radius 1 is 1.14 bits per heavy atom. The SMILES string of the molecule is CCOC(=O)c1c(NC(=O)c2cc(-c3ccc(Cl)cc3)oc2C)nc(SC)n1Cc1ccccc1. The number of rotatable bonds is 8. The van der Waals surface area contributed by atoms with Gasteiger partial charge in [-0.3, -0.25) is 4.79 Å². The summed E-state index contributed by atoms with van der Waals surface area (Å²) in [5, 5.41) is 3.99. The van der Waals surface area contributed by atoms with E-state index < -0.39 is 11.9 Å². The van der Waals surface area contributed by atoms with Crippen LogP contribution in [0.3, 0.4) is 0 Å². The first kappa shape index (κ1) is 24.6. The Labute approximate surface area is 212 Å². The number of furan rings is 1. The number of aromatic nitrogens is 2. The third-order valence-electron chi connectivity index (χ3n) is 5.29. The fourth-order valence-electron chi connectivity index (χ4n) is 3.63. The molecule has 2 aromatic heterocycles. The number of nitrogens with one attached hydrogen (secondary N) is 1. The Morgan fingerprint density at radius 3 is 2.51 bits per heavy atom. The smallest absolute Gasteiger partial charge is 0.358 e. The van der Waals surface area contributed by atoms with Crippen molar-refractivity contribution < 1.29 is 18.7 Å². The molecule has 0 aliphatic rings. The zero-order valence-corrected chi connectivity index (χ0v) is 21.1. The van der Waals surface area contributed by atoms with E-state index in [1.54, 1.807) is 36.6 Å². The molecule has 180 valence electrons. The molecule has 1 N–H and O–H groups in total. The van der Waals surface area contributed by atoms with Crippen LogP contribution in [0.1, 0.15) is 39.1 Å². The van der Waals surface area contributed by atoms with Crippen molar-refractivity contribution in [3.05, 3.63) is 88.3 Å². The highest BCUT2D eigenvalue weighted by atomic mass is 35.5. The van der Waals surface area contributed by atoms with E-state index in [-0.39, 0.29) is 18.1 Å². The van der Waals surface area contributed by atoms with Crippen molar-refractivity contribution in [1.29, 1.82) is 0 Å². The quantitative estimate of drug-likeness (QED) is 0.221. The van der Waals surface area contributed by atoms with E-state index in [1.165, 1.54) is 11.8 Å². The molecule has 0 atom stereocenters. The number of esters is 1. The van der Waals surface area contributed by atoms with Gasteiger partial charge >= 0.3 is 5.97 Å². The van der Waals surface area contributed by atoms with Gasteiger partial charge in [0, 0.05) is 10.6 Å². The van der Waals surface area contributed by atoms with Gasteiger partial charge in [-0.15, -0.1) is 0 Å². The summed E-state index contributed by atoms with van der Waals surface area (Å²) in [6, 6.07) is 18.5. The molecular weight excluding hydrogens is 486 g/mol. The lowest BCUT2D eigenvalue weighted by Crippen LogP contribution is -2.19. The van der Waals surface area contributed by atoms with Crippen molar-refractivity contribution in [3.63, 3.8) is 0 Å². The molecule has 35 heavy (non-hydrogen) atoms. The number of imidazole rings is 1. The number of aryl methyl sites for hydroxylation is 1. The normalized spacial score (nSPS) is 10.9. The molecule has 0 fully saturated rings. The summed E-state index contributed by atoms with van der Waals surface area (Å²) in [6.07, 6.45) is 1.86. The highest BCUT2D eigenvalue weighted by Gasteiger charge is 2.27. The van der Waals surface area contributed by atoms with E-state index in [0.717, 1.165) is 11.1 Å². The summed E-state index contributed by atoms with van der Waals surface area (Å²) in [7, 11) is 0. The minimum Gasteiger partial charge on any atom is -0.461 e. The number of ether oxygens (including phenoxy) is 1. The lowest BCUT2D eigenvalue weighted by molar-refractivity contribution is 0.0514. The van der Waals surface area contributed by atoms with Crippen LogP contribution >= 0.6 is 23.4 Å². The van der Waals surface area contributed by atoms with Crippen LogP contribution in [0.25, 0.3) is 11.3 Å². The molecule has 0 saturated heterocycles. The number of carbonyl (C=O) groups is 2. The van der Waals surface area contributed by atoms with E-state index in [1.807, 2.05) is 48.7 Å². The molecule has 0 unspecified atom stereocenters. The number of benzene rings is 2. The molecular formula is C26H24ClN3O4S. The van der Waals surface area contributed by atoms with Gasteiger partial charge in [-0.2, -0.15) is 0 Å². The minimum absolute atomic E-state index is 0.141. The molecule has 2 heterocycles. The monoisotopic (exact) mass is 509 g/mol. The van der Waals surface area contributed by atoms with Gasteiger partial charge in [-0.1, -0.05) is 53.7 Å². The summed E-state index contributed by atoms with van der Waals surface area (Å²) in [6.45, 7) is 4.04. The van der Waals surface area contributed by atoms with Crippen molar-refractivity contribution in [1.82, 2.24) is 9.55 Å². The molecule has 0 bridgehead atoms. The maximum Gasteiger partial charge on any atom is 0.358 e. The Morgan fingerprint density at radius 2 is 1.86 bits per heavy atom. The summed E-state index contributed by atoms with van der Waals surface area (Å²) < 4.78 is 12.9. The summed E-state index contributed by atoms with van der Waals surface area (Å²) in [5.41, 5.74) is 2.31. The van der Waals surface area contributed by atoms with E-state index in [0.29, 0.717) is 33.8 Å². The van der Waals surface area contributed by atoms with Crippen LogP contribution in [0.4, 0.5) is 5.82 Å². The fourth-order valence-corrected chi connectivity index (χ4v) is 4.32. The van der Waals surface area contributed by atoms with Crippen molar-refractivity contribution in [2.75, 3.05) is 18.2 Å². The number of halogens is 1. The summed E-state index contributed by atoms with van der Waals surface area (Å²) in [5.74, 6) is 0.127. The fraction of sp³-hybridized carbons (Fsp3) is 0.192. The van der Waals surface area contributed by atoms with E-state index >= 15 is 0 Å². The molecule has 0 aliphatic heterocycles. The zero-order chi connectivity index (χ0) is 24.9. The van der Waals surface area contributed by atoms with Gasteiger partial charge < -0.3 is 19.0 Å². The number of nitrogens with zero attached hydrogens (tertiary/aromatic N) is 2. The highest BCUT2D eigenvalue weighted by Crippen LogP contribution is 2.29. The maximum atomic E-state index is 13.2. The van der Waals surface area contributed by atoms with Crippen LogP contribution in [-0.2, 0) is 11.3 Å². The van der Waals surface area contributed by atoms with Gasteiger partial charge in [-0.05, 0) is 56.0 Å². The molecule has 0 spiro atoms. The molecule has 0 radical (unpaired) electrons. The number of carbonyl (C=O) groups excluding carboxylic acids is 2. The van der Waals surface area contributed by atoms with E-state index in [2.05, 4.69) is 10.3 Å². The van der Waals surface area contributed by atoms with Crippen LogP contribution in [0.2, 0.25) is 5.02 Å².